The summed E-state index contributed by atoms with van der Waals surface area (Å²) in [5.41, 5.74) is 1.89. The highest BCUT2D eigenvalue weighted by molar-refractivity contribution is 14.1. The number of ether oxygens (including phenoxy) is 1. The molecule has 0 bridgehead atoms. The van der Waals surface area contributed by atoms with E-state index in [1.807, 2.05) is 50.7 Å². The third kappa shape index (κ3) is 4.08. The van der Waals surface area contributed by atoms with Crippen molar-refractivity contribution in [2.75, 3.05) is 7.11 Å². The number of methoxy groups -OCH3 is 1. The molecule has 10 heteroatoms. The van der Waals surface area contributed by atoms with E-state index in [2.05, 4.69) is 4.84 Å². The van der Waals surface area contributed by atoms with Crippen LogP contribution in [-0.4, -0.2) is 30.1 Å². The van der Waals surface area contributed by atoms with Crippen LogP contribution in [0.5, 0.6) is 5.75 Å². The number of benzene rings is 1. The average Bonchev–Trinajstić information content (AvgIpc) is 2.36. The minimum absolute atomic E-state index is 0.0274. The first-order chi connectivity index (χ1) is 9.72. The quantitative estimate of drug-likeness (QED) is 0.393. The maximum atomic E-state index is 12.0. The molecule has 0 spiro atoms. The van der Waals surface area contributed by atoms with Gasteiger partial charge in [0.1, 0.15) is 5.75 Å². The number of halogens is 3. The SMILES string of the molecule is COc1c(I)c(C(=O)O)c(I)c(C(=O)ONC(C)=O)c1I. The number of hydroxylamine groups is 1. The lowest BCUT2D eigenvalue weighted by Crippen LogP contribution is -2.26. The molecule has 0 saturated carbocycles. The Bertz CT molecular complexity index is 631. The Balaban J connectivity index is 3.51. The van der Waals surface area contributed by atoms with E-state index in [1.54, 1.807) is 22.6 Å². The molecule has 0 atom stereocenters. The molecule has 0 aliphatic heterocycles. The minimum Gasteiger partial charge on any atom is -0.494 e. The molecule has 0 radical (unpaired) electrons. The highest BCUT2D eigenvalue weighted by Crippen LogP contribution is 2.37. The Hall–Kier alpha value is -0.380. The first kappa shape index (κ1) is 18.7. The highest BCUT2D eigenvalue weighted by Gasteiger charge is 2.29. The van der Waals surface area contributed by atoms with Crippen LogP contribution >= 0.6 is 67.8 Å². The van der Waals surface area contributed by atoms with Crippen LogP contribution < -0.4 is 10.2 Å². The molecule has 7 nitrogen and oxygen atoms in total. The van der Waals surface area contributed by atoms with Crippen LogP contribution in [0.2, 0.25) is 0 Å². The second-order valence-corrected chi connectivity index (χ2v) is 6.81. The molecule has 0 unspecified atom stereocenters. The Morgan fingerprint density at radius 1 is 1.05 bits per heavy atom. The van der Waals surface area contributed by atoms with Crippen molar-refractivity contribution in [3.8, 4) is 5.75 Å². The number of nitrogens with one attached hydrogen (secondary N) is 1. The molecule has 1 aromatic rings. The van der Waals surface area contributed by atoms with E-state index in [9.17, 15) is 19.5 Å². The Labute approximate surface area is 160 Å². The number of hydrogen-bond donors (Lipinski definition) is 2. The summed E-state index contributed by atoms with van der Waals surface area (Å²) in [7, 11) is 1.38. The lowest BCUT2D eigenvalue weighted by atomic mass is 10.1. The van der Waals surface area contributed by atoms with Crippen molar-refractivity contribution in [1.82, 2.24) is 5.48 Å². The molecule has 114 valence electrons. The highest BCUT2D eigenvalue weighted by atomic mass is 127. The van der Waals surface area contributed by atoms with Crippen LogP contribution in [0.3, 0.4) is 0 Å². The zero-order chi connectivity index (χ0) is 16.3. The number of amides is 1. The number of carbonyl (C=O) groups is 3. The molecule has 0 fully saturated rings. The average molecular weight is 631 g/mol. The van der Waals surface area contributed by atoms with E-state index in [1.165, 1.54) is 14.0 Å². The number of carboxylic acid groups (broad SMARTS) is 1. The number of carbonyl (C=O) groups excluding carboxylic acids is 2. The van der Waals surface area contributed by atoms with Crippen molar-refractivity contribution in [3.05, 3.63) is 21.8 Å². The molecule has 0 saturated heterocycles. The smallest absolute Gasteiger partial charge is 0.365 e. The van der Waals surface area contributed by atoms with Gasteiger partial charge < -0.3 is 14.7 Å². The van der Waals surface area contributed by atoms with Gasteiger partial charge in [0.2, 0.25) is 5.91 Å². The van der Waals surface area contributed by atoms with Gasteiger partial charge in [0, 0.05) is 10.5 Å². The molecule has 21 heavy (non-hydrogen) atoms. The molecule has 0 aliphatic carbocycles. The molecule has 0 aliphatic rings. The van der Waals surface area contributed by atoms with Crippen LogP contribution in [-0.2, 0) is 9.63 Å². The van der Waals surface area contributed by atoms with Gasteiger partial charge in [0.15, 0.2) is 0 Å². The predicted molar refractivity (Wildman–Crippen MR) is 97.3 cm³/mol. The van der Waals surface area contributed by atoms with Gasteiger partial charge in [-0.3, -0.25) is 4.79 Å². The molecule has 1 amide bonds. The van der Waals surface area contributed by atoms with Gasteiger partial charge in [-0.05, 0) is 67.8 Å². The summed E-state index contributed by atoms with van der Waals surface area (Å²) in [6.45, 7) is 1.18. The Morgan fingerprint density at radius 3 is 2.00 bits per heavy atom. The fourth-order valence-corrected chi connectivity index (χ4v) is 5.86. The van der Waals surface area contributed by atoms with Crippen LogP contribution in [0.15, 0.2) is 0 Å². The van der Waals surface area contributed by atoms with Gasteiger partial charge >= 0.3 is 11.9 Å². The summed E-state index contributed by atoms with van der Waals surface area (Å²) in [6.07, 6.45) is 0. The van der Waals surface area contributed by atoms with E-state index < -0.39 is 17.8 Å². The summed E-state index contributed by atoms with van der Waals surface area (Å²) in [5.74, 6) is -2.34. The molecule has 1 rings (SSSR count). The van der Waals surface area contributed by atoms with Crippen molar-refractivity contribution in [3.63, 3.8) is 0 Å². The fraction of sp³-hybridized carbons (Fsp3) is 0.182. The molecule has 2 N–H and O–H groups in total. The third-order valence-electron chi connectivity index (χ3n) is 2.19. The van der Waals surface area contributed by atoms with E-state index in [-0.39, 0.29) is 20.4 Å². The molecule has 0 aromatic heterocycles. The van der Waals surface area contributed by atoms with Crippen molar-refractivity contribution in [2.24, 2.45) is 0 Å². The van der Waals surface area contributed by atoms with Crippen molar-refractivity contribution in [1.29, 1.82) is 0 Å². The number of aromatic carboxylic acids is 1. The van der Waals surface area contributed by atoms with Gasteiger partial charge in [0.25, 0.3) is 0 Å². The zero-order valence-corrected chi connectivity index (χ0v) is 17.1. The van der Waals surface area contributed by atoms with E-state index in [4.69, 9.17) is 4.74 Å². The Morgan fingerprint density at radius 2 is 1.57 bits per heavy atom. The first-order valence-corrected chi connectivity index (χ1v) is 8.41. The standard InChI is InChI=1S/C11H8I3NO6/c1-3(16)15-21-11(19)5-6(12)4(10(17)18)7(13)9(20-2)8(5)14/h1-2H3,(H,15,16)(H,17,18). The van der Waals surface area contributed by atoms with E-state index in [0.29, 0.717) is 7.14 Å². The molecule has 1 aromatic carbocycles. The van der Waals surface area contributed by atoms with Crippen LogP contribution in [0, 0.1) is 10.7 Å². The second-order valence-electron chi connectivity index (χ2n) is 3.58. The van der Waals surface area contributed by atoms with E-state index in [0.717, 1.165) is 0 Å². The van der Waals surface area contributed by atoms with E-state index >= 15 is 0 Å². The summed E-state index contributed by atoms with van der Waals surface area (Å²) in [4.78, 5) is 38.8. The maximum Gasteiger partial charge on any atom is 0.365 e. The summed E-state index contributed by atoms with van der Waals surface area (Å²) >= 11 is 5.46. The fourth-order valence-electron chi connectivity index (χ4n) is 1.36. The van der Waals surface area contributed by atoms with Gasteiger partial charge in [-0.25, -0.2) is 9.59 Å². The van der Waals surface area contributed by atoms with Gasteiger partial charge in [-0.1, -0.05) is 0 Å². The van der Waals surface area contributed by atoms with Crippen molar-refractivity contribution < 1.29 is 29.1 Å². The second kappa shape index (κ2) is 7.75. The summed E-state index contributed by atoms with van der Waals surface area (Å²) < 4.78 is 6.16. The Kier molecular flexibility index (Phi) is 6.89. The number of rotatable bonds is 3. The summed E-state index contributed by atoms with van der Waals surface area (Å²) in [6, 6.07) is 0. The first-order valence-electron chi connectivity index (χ1n) is 5.17. The lowest BCUT2D eigenvalue weighted by Gasteiger charge is -2.15. The predicted octanol–water partition coefficient (Wildman–Crippen LogP) is 2.42. The largest absolute Gasteiger partial charge is 0.494 e. The van der Waals surface area contributed by atoms with Crippen LogP contribution in [0.25, 0.3) is 0 Å². The van der Waals surface area contributed by atoms with Gasteiger partial charge in [-0.2, -0.15) is 5.48 Å². The monoisotopic (exact) mass is 631 g/mol. The number of hydrogen-bond acceptors (Lipinski definition) is 5. The van der Waals surface area contributed by atoms with Crippen molar-refractivity contribution in [2.45, 2.75) is 6.92 Å². The topological polar surface area (TPSA) is 102 Å². The third-order valence-corrected chi connectivity index (χ3v) is 5.32. The van der Waals surface area contributed by atoms with Crippen LogP contribution in [0.1, 0.15) is 27.6 Å². The maximum absolute atomic E-state index is 12.0. The van der Waals surface area contributed by atoms with Gasteiger partial charge in [0.05, 0.1) is 25.4 Å². The van der Waals surface area contributed by atoms with Crippen molar-refractivity contribution >= 4 is 85.6 Å². The minimum atomic E-state index is -1.19. The summed E-state index contributed by atoms with van der Waals surface area (Å²) in [5, 5.41) is 9.29. The molecule has 0 heterocycles. The zero-order valence-electron chi connectivity index (χ0n) is 10.6. The molecular formula is C11H8I3NO6. The number of carboxylic acids is 1. The van der Waals surface area contributed by atoms with Crippen LogP contribution in [0.4, 0.5) is 0 Å². The molecular weight excluding hydrogens is 623 g/mol. The lowest BCUT2D eigenvalue weighted by molar-refractivity contribution is -0.127. The normalized spacial score (nSPS) is 9.95. The van der Waals surface area contributed by atoms with Gasteiger partial charge in [-0.15, -0.1) is 0 Å².